The highest BCUT2D eigenvalue weighted by molar-refractivity contribution is 9.13. The van der Waals surface area contributed by atoms with Crippen LogP contribution in [-0.2, 0) is 4.79 Å². The summed E-state index contributed by atoms with van der Waals surface area (Å²) in [4.78, 5) is 12.0. The zero-order valence-electron chi connectivity index (χ0n) is 10.1. The lowest BCUT2D eigenvalue weighted by Gasteiger charge is -2.10. The van der Waals surface area contributed by atoms with Gasteiger partial charge in [0.05, 0.1) is 4.47 Å². The molecule has 6 heteroatoms. The van der Waals surface area contributed by atoms with Gasteiger partial charge in [-0.2, -0.15) is 5.26 Å². The fourth-order valence-corrected chi connectivity index (χ4v) is 2.67. The number of nitriles is 1. The van der Waals surface area contributed by atoms with Crippen molar-refractivity contribution in [3.05, 3.63) is 26.5 Å². The van der Waals surface area contributed by atoms with Crippen molar-refractivity contribution in [2.45, 2.75) is 31.7 Å². The Labute approximate surface area is 128 Å². The van der Waals surface area contributed by atoms with Crippen molar-refractivity contribution in [3.63, 3.8) is 0 Å². The Bertz CT molecular complexity index is 532. The SMILES string of the molecule is N#CC(=Cc1cc(Br)c(Br)o1)C(=O)NC1CCCC1. The molecule has 100 valence electrons. The Morgan fingerprint density at radius 2 is 2.16 bits per heavy atom. The third-order valence-corrected chi connectivity index (χ3v) is 4.72. The molecular formula is C13H12Br2N2O2. The maximum atomic E-state index is 12.0. The van der Waals surface area contributed by atoms with Crippen LogP contribution < -0.4 is 5.32 Å². The lowest BCUT2D eigenvalue weighted by Crippen LogP contribution is -2.33. The second kappa shape index (κ2) is 6.40. The normalized spacial score (nSPS) is 16.4. The largest absolute Gasteiger partial charge is 0.449 e. The number of hydrogen-bond donors (Lipinski definition) is 1. The van der Waals surface area contributed by atoms with Crippen molar-refractivity contribution in [2.75, 3.05) is 0 Å². The van der Waals surface area contributed by atoms with Gasteiger partial charge >= 0.3 is 0 Å². The van der Waals surface area contributed by atoms with Gasteiger partial charge in [0.25, 0.3) is 5.91 Å². The van der Waals surface area contributed by atoms with Crippen LogP contribution in [0.4, 0.5) is 0 Å². The van der Waals surface area contributed by atoms with E-state index in [1.807, 2.05) is 6.07 Å². The van der Waals surface area contributed by atoms with Crippen molar-refractivity contribution in [2.24, 2.45) is 0 Å². The molecule has 1 aromatic heterocycles. The third kappa shape index (κ3) is 3.71. The Morgan fingerprint density at radius 3 is 2.68 bits per heavy atom. The van der Waals surface area contributed by atoms with Gasteiger partial charge in [-0.15, -0.1) is 0 Å². The molecular weight excluding hydrogens is 376 g/mol. The van der Waals surface area contributed by atoms with E-state index in [4.69, 9.17) is 9.68 Å². The predicted molar refractivity (Wildman–Crippen MR) is 78.1 cm³/mol. The van der Waals surface area contributed by atoms with Crippen LogP contribution >= 0.6 is 31.9 Å². The van der Waals surface area contributed by atoms with E-state index in [-0.39, 0.29) is 17.5 Å². The monoisotopic (exact) mass is 386 g/mol. The molecule has 0 unspecified atom stereocenters. The molecule has 0 aliphatic heterocycles. The molecule has 4 nitrogen and oxygen atoms in total. The van der Waals surface area contributed by atoms with Gasteiger partial charge in [0.2, 0.25) is 0 Å². The highest BCUT2D eigenvalue weighted by Gasteiger charge is 2.19. The van der Waals surface area contributed by atoms with Crippen LogP contribution in [0.2, 0.25) is 0 Å². The minimum Gasteiger partial charge on any atom is -0.449 e. The highest BCUT2D eigenvalue weighted by atomic mass is 79.9. The molecule has 0 aromatic carbocycles. The number of amides is 1. The van der Waals surface area contributed by atoms with E-state index in [0.29, 0.717) is 10.4 Å². The Morgan fingerprint density at radius 1 is 1.47 bits per heavy atom. The molecule has 1 heterocycles. The lowest BCUT2D eigenvalue weighted by atomic mass is 10.2. The average molecular weight is 388 g/mol. The summed E-state index contributed by atoms with van der Waals surface area (Å²) in [6, 6.07) is 3.80. The van der Waals surface area contributed by atoms with Crippen molar-refractivity contribution < 1.29 is 9.21 Å². The number of hydrogen-bond acceptors (Lipinski definition) is 3. The number of nitrogens with zero attached hydrogens (tertiary/aromatic N) is 1. The number of halogens is 2. The van der Waals surface area contributed by atoms with Gasteiger partial charge in [-0.1, -0.05) is 12.8 Å². The van der Waals surface area contributed by atoms with Crippen molar-refractivity contribution in [3.8, 4) is 6.07 Å². The molecule has 0 radical (unpaired) electrons. The smallest absolute Gasteiger partial charge is 0.262 e. The first-order chi connectivity index (χ1) is 9.10. The summed E-state index contributed by atoms with van der Waals surface area (Å²) in [6.45, 7) is 0. The number of carbonyl (C=O) groups excluding carboxylic acids is 1. The van der Waals surface area contributed by atoms with Gasteiger partial charge in [-0.05, 0) is 50.8 Å². The van der Waals surface area contributed by atoms with E-state index in [2.05, 4.69) is 37.2 Å². The maximum absolute atomic E-state index is 12.0. The van der Waals surface area contributed by atoms with Gasteiger partial charge in [0.1, 0.15) is 17.4 Å². The fourth-order valence-electron chi connectivity index (χ4n) is 2.06. The van der Waals surface area contributed by atoms with E-state index < -0.39 is 0 Å². The first-order valence-corrected chi connectivity index (χ1v) is 7.56. The van der Waals surface area contributed by atoms with Crippen molar-refractivity contribution in [1.82, 2.24) is 5.32 Å². The number of furan rings is 1. The van der Waals surface area contributed by atoms with Crippen LogP contribution in [0.5, 0.6) is 0 Å². The summed E-state index contributed by atoms with van der Waals surface area (Å²) in [7, 11) is 0. The minimum absolute atomic E-state index is 0.0562. The van der Waals surface area contributed by atoms with E-state index in [1.165, 1.54) is 6.08 Å². The quantitative estimate of drug-likeness (QED) is 0.634. The molecule has 1 saturated carbocycles. The lowest BCUT2D eigenvalue weighted by molar-refractivity contribution is -0.117. The maximum Gasteiger partial charge on any atom is 0.262 e. The summed E-state index contributed by atoms with van der Waals surface area (Å²) in [6.07, 6.45) is 5.69. The van der Waals surface area contributed by atoms with E-state index >= 15 is 0 Å². The summed E-state index contributed by atoms with van der Waals surface area (Å²) < 4.78 is 6.61. The fraction of sp³-hybridized carbons (Fsp3) is 0.385. The molecule has 1 N–H and O–H groups in total. The molecule has 1 fully saturated rings. The Kier molecular flexibility index (Phi) is 4.83. The van der Waals surface area contributed by atoms with Crippen LogP contribution in [0, 0.1) is 11.3 Å². The zero-order chi connectivity index (χ0) is 13.8. The van der Waals surface area contributed by atoms with E-state index in [1.54, 1.807) is 6.07 Å². The number of rotatable bonds is 3. The van der Waals surface area contributed by atoms with Crippen LogP contribution in [0.3, 0.4) is 0 Å². The van der Waals surface area contributed by atoms with E-state index in [9.17, 15) is 4.79 Å². The molecule has 2 rings (SSSR count). The molecule has 0 atom stereocenters. The molecule has 0 bridgehead atoms. The third-order valence-electron chi connectivity index (χ3n) is 3.01. The second-order valence-corrected chi connectivity index (χ2v) is 5.97. The van der Waals surface area contributed by atoms with Gasteiger partial charge in [-0.3, -0.25) is 4.79 Å². The molecule has 0 saturated heterocycles. The summed E-state index contributed by atoms with van der Waals surface area (Å²) in [5.74, 6) is 0.120. The first-order valence-electron chi connectivity index (χ1n) is 5.97. The predicted octanol–water partition coefficient (Wildman–Crippen LogP) is 3.77. The highest BCUT2D eigenvalue weighted by Crippen LogP contribution is 2.28. The summed E-state index contributed by atoms with van der Waals surface area (Å²) >= 11 is 6.49. The second-order valence-electron chi connectivity index (χ2n) is 4.40. The molecule has 19 heavy (non-hydrogen) atoms. The standard InChI is InChI=1S/C13H12Br2N2O2/c14-11-6-10(19-12(11)15)5-8(7-16)13(18)17-9-3-1-2-4-9/h5-6,9H,1-4H2,(H,17,18). The summed E-state index contributed by atoms with van der Waals surface area (Å²) in [5.41, 5.74) is 0.0562. The zero-order valence-corrected chi connectivity index (χ0v) is 13.3. The molecule has 1 aliphatic rings. The first kappa shape index (κ1) is 14.4. The van der Waals surface area contributed by atoms with Crippen LogP contribution in [-0.4, -0.2) is 11.9 Å². The minimum atomic E-state index is -0.335. The van der Waals surface area contributed by atoms with Gasteiger partial charge < -0.3 is 9.73 Å². The number of nitrogens with one attached hydrogen (secondary N) is 1. The van der Waals surface area contributed by atoms with Gasteiger partial charge in [0.15, 0.2) is 4.67 Å². The van der Waals surface area contributed by atoms with Crippen LogP contribution in [0.1, 0.15) is 31.4 Å². The molecule has 1 aliphatic carbocycles. The van der Waals surface area contributed by atoms with Crippen LogP contribution in [0.15, 0.2) is 25.2 Å². The topological polar surface area (TPSA) is 66.0 Å². The van der Waals surface area contributed by atoms with Crippen molar-refractivity contribution in [1.29, 1.82) is 5.26 Å². The van der Waals surface area contributed by atoms with Gasteiger partial charge in [-0.25, -0.2) is 0 Å². The molecule has 1 amide bonds. The van der Waals surface area contributed by atoms with Crippen molar-refractivity contribution >= 4 is 43.8 Å². The Balaban J connectivity index is 2.10. The van der Waals surface area contributed by atoms with E-state index in [0.717, 1.165) is 30.2 Å². The van der Waals surface area contributed by atoms with Crippen LogP contribution in [0.25, 0.3) is 6.08 Å². The van der Waals surface area contributed by atoms with Gasteiger partial charge in [0, 0.05) is 12.1 Å². The Hall–Kier alpha value is -1.06. The molecule has 0 spiro atoms. The molecule has 1 aromatic rings. The number of carbonyl (C=O) groups is 1. The average Bonchev–Trinajstić information content (AvgIpc) is 2.97. The summed E-state index contributed by atoms with van der Waals surface area (Å²) in [5, 5.41) is 11.9.